The van der Waals surface area contributed by atoms with Crippen LogP contribution in [0.3, 0.4) is 0 Å². The summed E-state index contributed by atoms with van der Waals surface area (Å²) in [5, 5.41) is 0. The van der Waals surface area contributed by atoms with E-state index in [1.165, 1.54) is 74.7 Å². The van der Waals surface area contributed by atoms with Crippen molar-refractivity contribution in [3.8, 4) is 0 Å². The van der Waals surface area contributed by atoms with Crippen LogP contribution in [0.25, 0.3) is 0 Å². The van der Waals surface area contributed by atoms with Gasteiger partial charge in [-0.05, 0) is 30.4 Å². The van der Waals surface area contributed by atoms with E-state index in [1.807, 2.05) is 0 Å². The Bertz CT molecular complexity index is 914. The maximum Gasteiger partial charge on any atom is 0.258 e. The van der Waals surface area contributed by atoms with Crippen molar-refractivity contribution < 1.29 is 4.57 Å². The molecular formula is C32H47N2+. The van der Waals surface area contributed by atoms with Crippen molar-refractivity contribution in [3.63, 3.8) is 0 Å². The van der Waals surface area contributed by atoms with Gasteiger partial charge in [0, 0.05) is 5.41 Å². The molecule has 2 heteroatoms. The van der Waals surface area contributed by atoms with Crippen molar-refractivity contribution in [1.82, 2.24) is 4.98 Å². The third-order valence-corrected chi connectivity index (χ3v) is 7.55. The highest BCUT2D eigenvalue weighted by Gasteiger charge is 2.41. The number of aromatic amines is 1. The lowest BCUT2D eigenvalue weighted by Crippen LogP contribution is -2.43. The van der Waals surface area contributed by atoms with E-state index < -0.39 is 0 Å². The summed E-state index contributed by atoms with van der Waals surface area (Å²) in [7, 11) is 0. The molecule has 0 bridgehead atoms. The summed E-state index contributed by atoms with van der Waals surface area (Å²) in [5.41, 5.74) is 2.88. The summed E-state index contributed by atoms with van der Waals surface area (Å²) >= 11 is 0. The third-order valence-electron chi connectivity index (χ3n) is 7.55. The zero-order valence-electron chi connectivity index (χ0n) is 21.9. The monoisotopic (exact) mass is 459 g/mol. The second-order valence-electron chi connectivity index (χ2n) is 10.3. The van der Waals surface area contributed by atoms with Gasteiger partial charge in [0.2, 0.25) is 0 Å². The van der Waals surface area contributed by atoms with Gasteiger partial charge in [-0.25, -0.2) is 9.55 Å². The van der Waals surface area contributed by atoms with Gasteiger partial charge in [0.25, 0.3) is 5.82 Å². The van der Waals surface area contributed by atoms with E-state index in [0.29, 0.717) is 5.92 Å². The SMILES string of the molecule is CCCCCCCCCCC(c1[nH]cc[n+]1CCC)C(C)(Cc1ccccc1)c1ccccc1. The van der Waals surface area contributed by atoms with Crippen LogP contribution in [-0.4, -0.2) is 4.98 Å². The van der Waals surface area contributed by atoms with E-state index in [0.717, 1.165) is 19.4 Å². The van der Waals surface area contributed by atoms with Gasteiger partial charge < -0.3 is 0 Å². The van der Waals surface area contributed by atoms with Crippen molar-refractivity contribution in [2.24, 2.45) is 0 Å². The summed E-state index contributed by atoms with van der Waals surface area (Å²) in [6.07, 6.45) is 18.7. The highest BCUT2D eigenvalue weighted by Crippen LogP contribution is 2.43. The molecule has 1 aromatic heterocycles. The van der Waals surface area contributed by atoms with E-state index in [-0.39, 0.29) is 5.41 Å². The van der Waals surface area contributed by atoms with E-state index in [9.17, 15) is 0 Å². The zero-order valence-corrected chi connectivity index (χ0v) is 21.9. The van der Waals surface area contributed by atoms with Gasteiger partial charge in [0.15, 0.2) is 0 Å². The Hall–Kier alpha value is -2.35. The molecular weight excluding hydrogens is 412 g/mol. The molecule has 184 valence electrons. The van der Waals surface area contributed by atoms with Gasteiger partial charge in [0.05, 0.1) is 12.5 Å². The molecule has 0 saturated carbocycles. The number of benzene rings is 2. The molecule has 0 fully saturated rings. The number of imidazole rings is 1. The Morgan fingerprint density at radius 2 is 1.38 bits per heavy atom. The van der Waals surface area contributed by atoms with Crippen LogP contribution in [0.15, 0.2) is 73.1 Å². The average molecular weight is 460 g/mol. The van der Waals surface area contributed by atoms with Crippen molar-refractivity contribution in [2.45, 2.75) is 109 Å². The molecule has 0 radical (unpaired) electrons. The standard InChI is InChI=1S/C32H46N2/c1-4-6-7-8-9-10-11-18-23-30(31-33-24-26-34(31)25-5-2)32(3,29-21-16-13-17-22-29)27-28-19-14-12-15-20-28/h12-17,19-22,24,26,30H,4-11,18,23,25,27H2,1-3H3/p+1. The minimum Gasteiger partial charge on any atom is -0.247 e. The lowest BCUT2D eigenvalue weighted by atomic mass is 9.66. The maximum absolute atomic E-state index is 3.69. The first kappa shape index (κ1) is 26.3. The summed E-state index contributed by atoms with van der Waals surface area (Å²) in [4.78, 5) is 3.69. The van der Waals surface area contributed by atoms with E-state index >= 15 is 0 Å². The molecule has 1 N–H and O–H groups in total. The fraction of sp³-hybridized carbons (Fsp3) is 0.531. The average Bonchev–Trinajstić information content (AvgIpc) is 3.32. The van der Waals surface area contributed by atoms with Crippen LogP contribution in [0.2, 0.25) is 0 Å². The van der Waals surface area contributed by atoms with Gasteiger partial charge in [-0.3, -0.25) is 0 Å². The first-order valence-electron chi connectivity index (χ1n) is 13.8. The second-order valence-corrected chi connectivity index (χ2v) is 10.3. The Morgan fingerprint density at radius 3 is 2.03 bits per heavy atom. The molecule has 2 aromatic carbocycles. The maximum atomic E-state index is 3.69. The number of H-pyrrole nitrogens is 1. The van der Waals surface area contributed by atoms with Crippen LogP contribution in [0, 0.1) is 0 Å². The van der Waals surface area contributed by atoms with Gasteiger partial charge in [-0.2, -0.15) is 0 Å². The molecule has 0 aliphatic heterocycles. The van der Waals surface area contributed by atoms with Gasteiger partial charge in [0.1, 0.15) is 12.4 Å². The van der Waals surface area contributed by atoms with Gasteiger partial charge >= 0.3 is 0 Å². The highest BCUT2D eigenvalue weighted by atomic mass is 15.1. The molecule has 1 heterocycles. The molecule has 0 aliphatic carbocycles. The normalized spacial score (nSPS) is 14.1. The van der Waals surface area contributed by atoms with Crippen LogP contribution in [0.5, 0.6) is 0 Å². The molecule has 0 spiro atoms. The third kappa shape index (κ3) is 7.32. The van der Waals surface area contributed by atoms with Crippen LogP contribution >= 0.6 is 0 Å². The largest absolute Gasteiger partial charge is 0.258 e. The zero-order chi connectivity index (χ0) is 24.1. The van der Waals surface area contributed by atoms with Crippen molar-refractivity contribution >= 4 is 0 Å². The van der Waals surface area contributed by atoms with Crippen LogP contribution in [0.4, 0.5) is 0 Å². The minimum atomic E-state index is 0.0179. The van der Waals surface area contributed by atoms with E-state index in [2.05, 4.69) is 103 Å². The minimum absolute atomic E-state index is 0.0179. The number of unbranched alkanes of at least 4 members (excludes halogenated alkanes) is 7. The van der Waals surface area contributed by atoms with Crippen molar-refractivity contribution in [3.05, 3.63) is 90.0 Å². The molecule has 34 heavy (non-hydrogen) atoms. The second kappa shape index (κ2) is 14.1. The number of aromatic nitrogens is 2. The molecule has 2 atom stereocenters. The number of nitrogens with one attached hydrogen (secondary N) is 1. The Balaban J connectivity index is 1.85. The first-order chi connectivity index (χ1) is 16.7. The summed E-state index contributed by atoms with van der Waals surface area (Å²) in [6, 6.07) is 22.3. The number of rotatable bonds is 16. The Labute approximate surface area is 208 Å². The fourth-order valence-electron chi connectivity index (χ4n) is 5.62. The molecule has 0 amide bonds. The van der Waals surface area contributed by atoms with E-state index in [1.54, 1.807) is 0 Å². The fourth-order valence-corrected chi connectivity index (χ4v) is 5.62. The smallest absolute Gasteiger partial charge is 0.247 e. The number of hydrogen-bond donors (Lipinski definition) is 1. The number of aryl methyl sites for hydroxylation is 1. The van der Waals surface area contributed by atoms with E-state index in [4.69, 9.17) is 0 Å². The summed E-state index contributed by atoms with van der Waals surface area (Å²) < 4.78 is 2.47. The van der Waals surface area contributed by atoms with Gasteiger partial charge in [-0.1, -0.05) is 133 Å². The highest BCUT2D eigenvalue weighted by molar-refractivity contribution is 5.32. The predicted octanol–water partition coefficient (Wildman–Crippen LogP) is 8.53. The molecule has 2 nitrogen and oxygen atoms in total. The first-order valence-corrected chi connectivity index (χ1v) is 13.8. The Morgan fingerprint density at radius 1 is 0.765 bits per heavy atom. The lowest BCUT2D eigenvalue weighted by molar-refractivity contribution is -0.704. The van der Waals surface area contributed by atoms with Crippen molar-refractivity contribution in [2.75, 3.05) is 0 Å². The molecule has 0 aliphatic rings. The van der Waals surface area contributed by atoms with Crippen molar-refractivity contribution in [1.29, 1.82) is 0 Å². The Kier molecular flexibility index (Phi) is 10.9. The van der Waals surface area contributed by atoms with Crippen LogP contribution < -0.4 is 4.57 Å². The lowest BCUT2D eigenvalue weighted by Gasteiger charge is -2.37. The van der Waals surface area contributed by atoms with Crippen LogP contribution in [0.1, 0.15) is 108 Å². The molecule has 0 saturated heterocycles. The summed E-state index contributed by atoms with van der Waals surface area (Å²) in [6.45, 7) is 8.15. The molecule has 3 rings (SSSR count). The summed E-state index contributed by atoms with van der Waals surface area (Å²) in [5.74, 6) is 1.84. The molecule has 3 aromatic rings. The van der Waals surface area contributed by atoms with Crippen LogP contribution in [-0.2, 0) is 18.4 Å². The quantitative estimate of drug-likeness (QED) is 0.164. The number of nitrogens with zero attached hydrogens (tertiary/aromatic N) is 1. The topological polar surface area (TPSA) is 19.7 Å². The van der Waals surface area contributed by atoms with Gasteiger partial charge in [-0.15, -0.1) is 0 Å². The predicted molar refractivity (Wildman–Crippen MR) is 145 cm³/mol. The molecule has 2 unspecified atom stereocenters. The number of hydrogen-bond acceptors (Lipinski definition) is 0.